The fraction of sp³-hybridized carbons (Fsp3) is 0.188. The number of benzene rings is 1. The van der Waals surface area contributed by atoms with Crippen LogP contribution in [0.2, 0.25) is 5.02 Å². The number of nitrogens with zero attached hydrogens (tertiary/aromatic N) is 3. The largest absolute Gasteiger partial charge is 0.348 e. The number of carbonyl (C=O) groups is 1. The molecule has 2 aromatic rings. The summed E-state index contributed by atoms with van der Waals surface area (Å²) >= 11 is 6.05. The van der Waals surface area contributed by atoms with Gasteiger partial charge in [-0.05, 0) is 23.8 Å². The van der Waals surface area contributed by atoms with Gasteiger partial charge in [0.15, 0.2) is 0 Å². The van der Waals surface area contributed by atoms with Crippen molar-refractivity contribution in [1.82, 2.24) is 14.9 Å². The number of likely N-dealkylation sites (tertiary alicyclic amines) is 1. The minimum atomic E-state index is -0.0213. The van der Waals surface area contributed by atoms with Crippen molar-refractivity contribution < 1.29 is 4.79 Å². The topological polar surface area (TPSA) is 58.1 Å². The number of hydrogen-bond acceptors (Lipinski definition) is 4. The predicted molar refractivity (Wildman–Crippen MR) is 86.5 cm³/mol. The van der Waals surface area contributed by atoms with Crippen LogP contribution in [0.3, 0.4) is 0 Å². The molecular weight excluding hydrogens is 300 g/mol. The van der Waals surface area contributed by atoms with Crippen LogP contribution in [0, 0.1) is 0 Å². The molecule has 2 heterocycles. The third-order valence-corrected chi connectivity index (χ3v) is 3.75. The Morgan fingerprint density at radius 2 is 1.95 bits per heavy atom. The third-order valence-electron chi connectivity index (χ3n) is 3.40. The molecule has 0 saturated carbocycles. The van der Waals surface area contributed by atoms with E-state index in [0.717, 1.165) is 5.56 Å². The van der Waals surface area contributed by atoms with Gasteiger partial charge < -0.3 is 10.2 Å². The average molecular weight is 315 g/mol. The zero-order valence-corrected chi connectivity index (χ0v) is 12.6. The Bertz CT molecular complexity index is 684. The van der Waals surface area contributed by atoms with Crippen molar-refractivity contribution in [3.05, 3.63) is 59.4 Å². The van der Waals surface area contributed by atoms with Crippen molar-refractivity contribution in [2.75, 3.05) is 18.4 Å². The first kappa shape index (κ1) is 14.5. The molecule has 6 heteroatoms. The molecule has 1 amide bonds. The molecule has 1 aromatic heterocycles. The number of nitrogens with one attached hydrogen (secondary N) is 1. The maximum absolute atomic E-state index is 12.0. The Morgan fingerprint density at radius 3 is 2.68 bits per heavy atom. The van der Waals surface area contributed by atoms with Gasteiger partial charge in [-0.3, -0.25) is 4.79 Å². The van der Waals surface area contributed by atoms with Crippen LogP contribution in [0.4, 0.5) is 5.95 Å². The summed E-state index contributed by atoms with van der Waals surface area (Å²) in [6.45, 7) is 1.29. The van der Waals surface area contributed by atoms with Gasteiger partial charge in [0.1, 0.15) is 0 Å². The Labute approximate surface area is 133 Å². The van der Waals surface area contributed by atoms with Gasteiger partial charge in [0.2, 0.25) is 11.9 Å². The molecule has 0 radical (unpaired) electrons. The van der Waals surface area contributed by atoms with E-state index in [1.807, 2.05) is 18.2 Å². The minimum Gasteiger partial charge on any atom is -0.348 e. The van der Waals surface area contributed by atoms with E-state index < -0.39 is 0 Å². The van der Waals surface area contributed by atoms with Crippen molar-refractivity contribution in [2.24, 2.45) is 0 Å². The van der Waals surface area contributed by atoms with Gasteiger partial charge in [-0.1, -0.05) is 29.8 Å². The summed E-state index contributed by atoms with van der Waals surface area (Å²) in [4.78, 5) is 22.0. The first-order chi connectivity index (χ1) is 10.7. The zero-order valence-electron chi connectivity index (χ0n) is 11.8. The lowest BCUT2D eigenvalue weighted by molar-refractivity contribution is -0.129. The van der Waals surface area contributed by atoms with Crippen LogP contribution in [0.5, 0.6) is 0 Å². The summed E-state index contributed by atoms with van der Waals surface area (Å²) < 4.78 is 0. The monoisotopic (exact) mass is 314 g/mol. The molecule has 0 aliphatic carbocycles. The highest BCUT2D eigenvalue weighted by molar-refractivity contribution is 6.32. The lowest BCUT2D eigenvalue weighted by Gasteiger charge is -2.38. The van der Waals surface area contributed by atoms with Gasteiger partial charge >= 0.3 is 0 Å². The van der Waals surface area contributed by atoms with Crippen LogP contribution in [-0.2, 0) is 4.79 Å². The highest BCUT2D eigenvalue weighted by atomic mass is 35.5. The van der Waals surface area contributed by atoms with Crippen LogP contribution in [0.25, 0.3) is 6.08 Å². The first-order valence-electron chi connectivity index (χ1n) is 6.97. The van der Waals surface area contributed by atoms with Gasteiger partial charge in [-0.25, -0.2) is 9.97 Å². The van der Waals surface area contributed by atoms with Crippen LogP contribution < -0.4 is 5.32 Å². The third kappa shape index (κ3) is 3.43. The first-order valence-corrected chi connectivity index (χ1v) is 7.35. The van der Waals surface area contributed by atoms with E-state index in [0.29, 0.717) is 24.1 Å². The second kappa shape index (κ2) is 6.58. The number of aromatic nitrogens is 2. The summed E-state index contributed by atoms with van der Waals surface area (Å²) in [6.07, 6.45) is 6.66. The summed E-state index contributed by atoms with van der Waals surface area (Å²) in [6, 6.07) is 9.38. The van der Waals surface area contributed by atoms with E-state index in [1.54, 1.807) is 41.6 Å². The molecule has 1 fully saturated rings. The molecule has 1 aliphatic rings. The SMILES string of the molecule is O=C(/C=C/c1ccccc1Cl)N1CC(Nc2ncccn2)C1. The molecule has 0 bridgehead atoms. The molecule has 1 aromatic carbocycles. The summed E-state index contributed by atoms with van der Waals surface area (Å²) in [5.74, 6) is 0.568. The van der Waals surface area contributed by atoms with Gasteiger partial charge in [0.25, 0.3) is 0 Å². The lowest BCUT2D eigenvalue weighted by atomic mass is 10.1. The summed E-state index contributed by atoms with van der Waals surface area (Å²) in [7, 11) is 0. The van der Waals surface area contributed by atoms with Crippen molar-refractivity contribution in [3.8, 4) is 0 Å². The van der Waals surface area contributed by atoms with E-state index in [-0.39, 0.29) is 11.9 Å². The minimum absolute atomic E-state index is 0.0213. The highest BCUT2D eigenvalue weighted by Crippen LogP contribution is 2.17. The van der Waals surface area contributed by atoms with E-state index in [2.05, 4.69) is 15.3 Å². The van der Waals surface area contributed by atoms with Crippen molar-refractivity contribution in [2.45, 2.75) is 6.04 Å². The van der Waals surface area contributed by atoms with Crippen molar-refractivity contribution in [1.29, 1.82) is 0 Å². The Balaban J connectivity index is 1.50. The number of halogens is 1. The van der Waals surface area contributed by atoms with Crippen molar-refractivity contribution >= 4 is 29.5 Å². The van der Waals surface area contributed by atoms with E-state index >= 15 is 0 Å². The zero-order chi connectivity index (χ0) is 15.4. The molecule has 5 nitrogen and oxygen atoms in total. The van der Waals surface area contributed by atoms with Gasteiger partial charge in [-0.15, -0.1) is 0 Å². The molecular formula is C16H15ClN4O. The summed E-state index contributed by atoms with van der Waals surface area (Å²) in [5, 5.41) is 3.82. The lowest BCUT2D eigenvalue weighted by Crippen LogP contribution is -2.56. The molecule has 1 aliphatic heterocycles. The molecule has 112 valence electrons. The smallest absolute Gasteiger partial charge is 0.246 e. The number of rotatable bonds is 4. The van der Waals surface area contributed by atoms with Crippen molar-refractivity contribution in [3.63, 3.8) is 0 Å². The standard InChI is InChI=1S/C16H15ClN4O/c17-14-5-2-1-4-12(14)6-7-15(22)21-10-13(11-21)20-16-18-8-3-9-19-16/h1-9,13H,10-11H2,(H,18,19,20)/b7-6+. The molecule has 1 N–H and O–H groups in total. The second-order valence-electron chi connectivity index (χ2n) is 5.01. The molecule has 0 spiro atoms. The Hall–Kier alpha value is -2.40. The van der Waals surface area contributed by atoms with Gasteiger partial charge in [-0.2, -0.15) is 0 Å². The highest BCUT2D eigenvalue weighted by Gasteiger charge is 2.29. The fourth-order valence-corrected chi connectivity index (χ4v) is 2.38. The van der Waals surface area contributed by atoms with Gasteiger partial charge in [0, 0.05) is 36.6 Å². The van der Waals surface area contributed by atoms with E-state index in [9.17, 15) is 4.79 Å². The molecule has 0 atom stereocenters. The number of hydrogen-bond donors (Lipinski definition) is 1. The second-order valence-corrected chi connectivity index (χ2v) is 5.42. The fourth-order valence-electron chi connectivity index (χ4n) is 2.18. The number of carbonyl (C=O) groups excluding carboxylic acids is 1. The Kier molecular flexibility index (Phi) is 4.34. The molecule has 22 heavy (non-hydrogen) atoms. The van der Waals surface area contributed by atoms with E-state index in [1.165, 1.54) is 0 Å². The number of anilines is 1. The summed E-state index contributed by atoms with van der Waals surface area (Å²) in [5.41, 5.74) is 0.838. The maximum atomic E-state index is 12.0. The number of amides is 1. The van der Waals surface area contributed by atoms with E-state index in [4.69, 9.17) is 11.6 Å². The maximum Gasteiger partial charge on any atom is 0.246 e. The average Bonchev–Trinajstić information content (AvgIpc) is 2.50. The predicted octanol–water partition coefficient (Wildman–Crippen LogP) is 2.47. The van der Waals surface area contributed by atoms with Crippen LogP contribution >= 0.6 is 11.6 Å². The van der Waals surface area contributed by atoms with Gasteiger partial charge in [0.05, 0.1) is 6.04 Å². The van der Waals surface area contributed by atoms with Crippen LogP contribution in [0.1, 0.15) is 5.56 Å². The Morgan fingerprint density at radius 1 is 1.23 bits per heavy atom. The normalized spacial score (nSPS) is 14.9. The molecule has 3 rings (SSSR count). The molecule has 1 saturated heterocycles. The quantitative estimate of drug-likeness (QED) is 0.881. The van der Waals surface area contributed by atoms with Crippen LogP contribution in [-0.4, -0.2) is 39.9 Å². The van der Waals surface area contributed by atoms with Crippen LogP contribution in [0.15, 0.2) is 48.8 Å². The molecule has 0 unspecified atom stereocenters.